The summed E-state index contributed by atoms with van der Waals surface area (Å²) in [6.45, 7) is 0.0245. The Morgan fingerprint density at radius 2 is 2.00 bits per heavy atom. The minimum Gasteiger partial charge on any atom is -0.490 e. The molecule has 0 bridgehead atoms. The van der Waals surface area contributed by atoms with E-state index in [-0.39, 0.29) is 24.9 Å². The average molecular weight is 232 g/mol. The van der Waals surface area contributed by atoms with Crippen molar-refractivity contribution in [1.29, 1.82) is 5.41 Å². The summed E-state index contributed by atoms with van der Waals surface area (Å²) < 4.78 is 9.77. The van der Waals surface area contributed by atoms with E-state index in [9.17, 15) is 5.11 Å². The van der Waals surface area contributed by atoms with E-state index in [0.717, 1.165) is 0 Å². The maximum Gasteiger partial charge on any atom is 0.213 e. The zero-order chi connectivity index (χ0) is 10.4. The highest BCUT2D eigenvalue weighted by molar-refractivity contribution is 5.85. The maximum atomic E-state index is 9.30. The molecule has 0 spiro atoms. The zero-order valence-corrected chi connectivity index (χ0v) is 9.16. The number of aliphatic hydroxyl groups is 1. The smallest absolute Gasteiger partial charge is 0.213 e. The molecule has 0 heterocycles. The van der Waals surface area contributed by atoms with Crippen LogP contribution in [-0.2, 0) is 4.74 Å². The fourth-order valence-corrected chi connectivity index (χ4v) is 0.904. The normalized spacial score (nSPS) is 11.1. The predicted octanol–water partition coefficient (Wildman–Crippen LogP) is 1.47. The third-order valence-corrected chi connectivity index (χ3v) is 1.67. The van der Waals surface area contributed by atoms with Crippen molar-refractivity contribution in [3.63, 3.8) is 0 Å². The van der Waals surface area contributed by atoms with Crippen molar-refractivity contribution in [2.75, 3.05) is 13.7 Å². The molecule has 1 aromatic carbocycles. The molecule has 5 heteroatoms. The molecule has 15 heavy (non-hydrogen) atoms. The SMILES string of the molecule is COC(=N)C(O)COc1ccccc1.Cl. The Hall–Kier alpha value is -1.26. The van der Waals surface area contributed by atoms with Gasteiger partial charge in [-0.2, -0.15) is 0 Å². The maximum absolute atomic E-state index is 9.30. The van der Waals surface area contributed by atoms with Crippen molar-refractivity contribution >= 4 is 18.3 Å². The van der Waals surface area contributed by atoms with E-state index in [1.165, 1.54) is 7.11 Å². The fourth-order valence-electron chi connectivity index (χ4n) is 0.904. The van der Waals surface area contributed by atoms with Gasteiger partial charge in [-0.15, -0.1) is 12.4 Å². The molecule has 1 unspecified atom stereocenters. The lowest BCUT2D eigenvalue weighted by Crippen LogP contribution is -2.27. The number of nitrogens with one attached hydrogen (secondary N) is 1. The molecule has 0 aliphatic rings. The third kappa shape index (κ3) is 4.67. The highest BCUT2D eigenvalue weighted by Gasteiger charge is 2.11. The van der Waals surface area contributed by atoms with E-state index in [2.05, 4.69) is 4.74 Å². The number of ether oxygens (including phenoxy) is 2. The number of benzene rings is 1. The van der Waals surface area contributed by atoms with Gasteiger partial charge in [0.15, 0.2) is 6.10 Å². The molecule has 0 fully saturated rings. The number of para-hydroxylation sites is 1. The molecule has 4 nitrogen and oxygen atoms in total. The van der Waals surface area contributed by atoms with Gasteiger partial charge in [0, 0.05) is 0 Å². The van der Waals surface area contributed by atoms with Gasteiger partial charge in [0.1, 0.15) is 12.4 Å². The number of aliphatic hydroxyl groups excluding tert-OH is 1. The minimum absolute atomic E-state index is 0. The van der Waals surface area contributed by atoms with Crippen LogP contribution in [0.25, 0.3) is 0 Å². The van der Waals surface area contributed by atoms with Crippen LogP contribution in [0.3, 0.4) is 0 Å². The second kappa shape index (κ2) is 7.09. The van der Waals surface area contributed by atoms with Gasteiger partial charge in [-0.05, 0) is 12.1 Å². The van der Waals surface area contributed by atoms with Gasteiger partial charge in [-0.1, -0.05) is 18.2 Å². The largest absolute Gasteiger partial charge is 0.490 e. The molecular weight excluding hydrogens is 218 g/mol. The third-order valence-electron chi connectivity index (χ3n) is 1.67. The molecule has 0 saturated carbocycles. The van der Waals surface area contributed by atoms with Gasteiger partial charge in [0.2, 0.25) is 5.90 Å². The molecule has 1 rings (SSSR count). The zero-order valence-electron chi connectivity index (χ0n) is 8.34. The molecule has 1 atom stereocenters. The van der Waals surface area contributed by atoms with Crippen molar-refractivity contribution in [3.05, 3.63) is 30.3 Å². The first-order chi connectivity index (χ1) is 6.74. The fraction of sp³-hybridized carbons (Fsp3) is 0.300. The van der Waals surface area contributed by atoms with E-state index >= 15 is 0 Å². The lowest BCUT2D eigenvalue weighted by molar-refractivity contribution is 0.135. The number of hydrogen-bond donors (Lipinski definition) is 2. The molecule has 2 N–H and O–H groups in total. The second-order valence-corrected chi connectivity index (χ2v) is 2.71. The molecule has 0 amide bonds. The van der Waals surface area contributed by atoms with Crippen LogP contribution in [0.15, 0.2) is 30.3 Å². The van der Waals surface area contributed by atoms with Crippen molar-refractivity contribution in [2.45, 2.75) is 6.10 Å². The van der Waals surface area contributed by atoms with Crippen molar-refractivity contribution in [2.24, 2.45) is 0 Å². The van der Waals surface area contributed by atoms with Crippen LogP contribution in [0.2, 0.25) is 0 Å². The monoisotopic (exact) mass is 231 g/mol. The van der Waals surface area contributed by atoms with Crippen LogP contribution in [-0.4, -0.2) is 30.8 Å². The van der Waals surface area contributed by atoms with Gasteiger partial charge >= 0.3 is 0 Å². The quantitative estimate of drug-likeness (QED) is 0.609. The van der Waals surface area contributed by atoms with Crippen molar-refractivity contribution < 1.29 is 14.6 Å². The number of hydrogen-bond acceptors (Lipinski definition) is 4. The Balaban J connectivity index is 0.00000196. The number of halogens is 1. The van der Waals surface area contributed by atoms with Gasteiger partial charge in [-0.3, -0.25) is 5.41 Å². The molecule has 0 aliphatic carbocycles. The van der Waals surface area contributed by atoms with Gasteiger partial charge < -0.3 is 14.6 Å². The molecule has 0 aromatic heterocycles. The standard InChI is InChI=1S/C10H13NO3.ClH/c1-13-10(11)9(12)7-14-8-5-3-2-4-6-8;/h2-6,9,11-12H,7H2,1H3;1H. The summed E-state index contributed by atoms with van der Waals surface area (Å²) in [5.41, 5.74) is 0. The van der Waals surface area contributed by atoms with Crippen LogP contribution in [0.1, 0.15) is 0 Å². The summed E-state index contributed by atoms with van der Waals surface area (Å²) >= 11 is 0. The first-order valence-corrected chi connectivity index (χ1v) is 4.22. The first kappa shape index (κ1) is 13.7. The van der Waals surface area contributed by atoms with E-state index in [1.54, 1.807) is 12.1 Å². The summed E-state index contributed by atoms with van der Waals surface area (Å²) in [5, 5.41) is 16.5. The summed E-state index contributed by atoms with van der Waals surface area (Å²) in [7, 11) is 1.34. The Bertz CT molecular complexity index is 292. The topological polar surface area (TPSA) is 62.5 Å². The van der Waals surface area contributed by atoms with Crippen LogP contribution in [0, 0.1) is 5.41 Å². The van der Waals surface area contributed by atoms with Gasteiger partial charge in [-0.25, -0.2) is 0 Å². The first-order valence-electron chi connectivity index (χ1n) is 4.22. The average Bonchev–Trinajstić information content (AvgIpc) is 2.26. The van der Waals surface area contributed by atoms with E-state index < -0.39 is 6.10 Å². The minimum atomic E-state index is -1.01. The Kier molecular flexibility index (Phi) is 6.49. The van der Waals surface area contributed by atoms with Crippen LogP contribution >= 0.6 is 12.4 Å². The molecule has 1 aromatic rings. The molecule has 0 aliphatic heterocycles. The van der Waals surface area contributed by atoms with Crippen molar-refractivity contribution in [3.8, 4) is 5.75 Å². The highest BCUT2D eigenvalue weighted by atomic mass is 35.5. The van der Waals surface area contributed by atoms with E-state index in [1.807, 2.05) is 18.2 Å². The number of rotatable bonds is 4. The molecule has 0 saturated heterocycles. The molecular formula is C10H14ClNO3. The van der Waals surface area contributed by atoms with Crippen LogP contribution in [0.5, 0.6) is 5.75 Å². The van der Waals surface area contributed by atoms with E-state index in [0.29, 0.717) is 5.75 Å². The Morgan fingerprint density at radius 3 is 2.53 bits per heavy atom. The lowest BCUT2D eigenvalue weighted by Gasteiger charge is -2.11. The predicted molar refractivity (Wildman–Crippen MR) is 59.9 cm³/mol. The van der Waals surface area contributed by atoms with Crippen molar-refractivity contribution in [1.82, 2.24) is 0 Å². The summed E-state index contributed by atoms with van der Waals surface area (Å²) in [5.74, 6) is 0.469. The summed E-state index contributed by atoms with van der Waals surface area (Å²) in [6, 6.07) is 9.11. The van der Waals surface area contributed by atoms with E-state index in [4.69, 9.17) is 10.1 Å². The Morgan fingerprint density at radius 1 is 1.40 bits per heavy atom. The second-order valence-electron chi connectivity index (χ2n) is 2.71. The van der Waals surface area contributed by atoms with Gasteiger partial charge in [0.25, 0.3) is 0 Å². The highest BCUT2D eigenvalue weighted by Crippen LogP contribution is 2.08. The van der Waals surface area contributed by atoms with Crippen LogP contribution < -0.4 is 4.74 Å². The van der Waals surface area contributed by atoms with Gasteiger partial charge in [0.05, 0.1) is 7.11 Å². The molecule has 84 valence electrons. The van der Waals surface area contributed by atoms with Crippen LogP contribution in [0.4, 0.5) is 0 Å². The number of methoxy groups -OCH3 is 1. The lowest BCUT2D eigenvalue weighted by atomic mass is 10.3. The summed E-state index contributed by atoms with van der Waals surface area (Å²) in [6.07, 6.45) is -1.01. The Labute approximate surface area is 94.8 Å². The molecule has 0 radical (unpaired) electrons. The summed E-state index contributed by atoms with van der Waals surface area (Å²) in [4.78, 5) is 0.